The molecule has 2 aliphatic rings. The number of rotatable bonds is 5. The molecule has 2 aromatic carbocycles. The maximum Gasteiger partial charge on any atom is 0.255 e. The standard InChI is InChI=1S/C27H32FN7O2/c1-16-13-21(18-7-11-35(12-8-18)27(31)32)24(37-2)15-23(16)33-25(36)19-3-4-20(22(28)14-19)17-5-9-34(10-6-17)26(29)30/h3-5,7,13-15H,6,8-12H2,1-2H3,(H3,29,30)(H3,31,32)(H,33,36). The zero-order valence-corrected chi connectivity index (χ0v) is 21.0. The van der Waals surface area contributed by atoms with E-state index in [1.165, 1.54) is 6.07 Å². The van der Waals surface area contributed by atoms with Gasteiger partial charge in [-0.1, -0.05) is 18.2 Å². The molecule has 7 N–H and O–H groups in total. The van der Waals surface area contributed by atoms with Gasteiger partial charge in [-0.2, -0.15) is 0 Å². The number of hydrogen-bond acceptors (Lipinski definition) is 4. The summed E-state index contributed by atoms with van der Waals surface area (Å²) >= 11 is 0. The molecule has 0 spiro atoms. The highest BCUT2D eigenvalue weighted by Gasteiger charge is 2.20. The van der Waals surface area contributed by atoms with Crippen molar-refractivity contribution in [2.75, 3.05) is 38.6 Å². The van der Waals surface area contributed by atoms with E-state index in [1.54, 1.807) is 35.1 Å². The van der Waals surface area contributed by atoms with E-state index in [4.69, 9.17) is 27.0 Å². The van der Waals surface area contributed by atoms with Gasteiger partial charge in [0.2, 0.25) is 0 Å². The van der Waals surface area contributed by atoms with Crippen molar-refractivity contribution in [2.45, 2.75) is 19.8 Å². The van der Waals surface area contributed by atoms with Gasteiger partial charge in [0, 0.05) is 54.6 Å². The van der Waals surface area contributed by atoms with Crippen LogP contribution in [0.25, 0.3) is 11.1 Å². The van der Waals surface area contributed by atoms with Crippen molar-refractivity contribution in [1.82, 2.24) is 9.80 Å². The van der Waals surface area contributed by atoms with Gasteiger partial charge in [0.15, 0.2) is 11.9 Å². The monoisotopic (exact) mass is 505 g/mol. The first kappa shape index (κ1) is 25.7. The molecule has 0 atom stereocenters. The lowest BCUT2D eigenvalue weighted by Gasteiger charge is -2.27. The van der Waals surface area contributed by atoms with Crippen LogP contribution < -0.4 is 21.5 Å². The van der Waals surface area contributed by atoms with Crippen molar-refractivity contribution in [3.63, 3.8) is 0 Å². The fourth-order valence-corrected chi connectivity index (χ4v) is 4.62. The number of guanidine groups is 2. The summed E-state index contributed by atoms with van der Waals surface area (Å²) in [5.74, 6) is -0.218. The number of nitrogens with zero attached hydrogens (tertiary/aromatic N) is 2. The molecule has 2 aromatic rings. The summed E-state index contributed by atoms with van der Waals surface area (Å²) in [6.45, 7) is 4.10. The Morgan fingerprint density at radius 2 is 1.57 bits per heavy atom. The minimum absolute atomic E-state index is 0.00200. The lowest BCUT2D eigenvalue weighted by molar-refractivity contribution is 0.102. The maximum atomic E-state index is 15.0. The second-order valence-electron chi connectivity index (χ2n) is 9.14. The fraction of sp³-hybridized carbons (Fsp3) is 0.296. The van der Waals surface area contributed by atoms with E-state index in [-0.39, 0.29) is 17.5 Å². The summed E-state index contributed by atoms with van der Waals surface area (Å²) in [6, 6.07) is 8.22. The number of nitrogens with one attached hydrogen (secondary N) is 3. The molecule has 37 heavy (non-hydrogen) atoms. The lowest BCUT2D eigenvalue weighted by Crippen LogP contribution is -2.39. The highest BCUT2D eigenvalue weighted by Crippen LogP contribution is 2.35. The quantitative estimate of drug-likeness (QED) is 0.311. The van der Waals surface area contributed by atoms with E-state index < -0.39 is 11.7 Å². The molecule has 0 radical (unpaired) electrons. The minimum Gasteiger partial charge on any atom is -0.496 e. The average Bonchev–Trinajstić information content (AvgIpc) is 2.89. The zero-order chi connectivity index (χ0) is 26.7. The number of carbonyl (C=O) groups excluding carboxylic acids is 1. The Hall–Kier alpha value is -4.34. The summed E-state index contributed by atoms with van der Waals surface area (Å²) in [4.78, 5) is 16.5. The first-order valence-electron chi connectivity index (χ1n) is 12.0. The van der Waals surface area contributed by atoms with Crippen LogP contribution in [0.3, 0.4) is 0 Å². The Morgan fingerprint density at radius 1 is 0.973 bits per heavy atom. The lowest BCUT2D eigenvalue weighted by atomic mass is 9.96. The van der Waals surface area contributed by atoms with Crippen molar-refractivity contribution in [3.05, 3.63) is 70.6 Å². The van der Waals surface area contributed by atoms with Gasteiger partial charge < -0.3 is 31.3 Å². The molecule has 0 fully saturated rings. The smallest absolute Gasteiger partial charge is 0.255 e. The largest absolute Gasteiger partial charge is 0.496 e. The molecular weight excluding hydrogens is 473 g/mol. The summed E-state index contributed by atoms with van der Waals surface area (Å²) in [5, 5.41) is 18.0. The minimum atomic E-state index is -0.469. The zero-order valence-electron chi connectivity index (χ0n) is 21.0. The number of hydrogen-bond donors (Lipinski definition) is 5. The molecule has 10 heteroatoms. The topological polar surface area (TPSA) is 145 Å². The molecule has 2 aliphatic heterocycles. The number of carbonyl (C=O) groups is 1. The number of methoxy groups -OCH3 is 1. The molecular formula is C27H32FN7O2. The summed E-state index contributed by atoms with van der Waals surface area (Å²) in [7, 11) is 1.58. The van der Waals surface area contributed by atoms with Crippen LogP contribution in [0.4, 0.5) is 10.1 Å². The van der Waals surface area contributed by atoms with Crippen molar-refractivity contribution < 1.29 is 13.9 Å². The predicted octanol–water partition coefficient (Wildman–Crippen LogP) is 3.36. The number of halogens is 1. The number of benzene rings is 2. The van der Waals surface area contributed by atoms with Gasteiger partial charge in [-0.15, -0.1) is 0 Å². The van der Waals surface area contributed by atoms with Crippen LogP contribution >= 0.6 is 0 Å². The van der Waals surface area contributed by atoms with Crippen molar-refractivity contribution in [1.29, 1.82) is 10.8 Å². The van der Waals surface area contributed by atoms with Crippen molar-refractivity contribution in [2.24, 2.45) is 11.5 Å². The number of aryl methyl sites for hydroxylation is 1. The number of nitrogens with two attached hydrogens (primary N) is 2. The average molecular weight is 506 g/mol. The van der Waals surface area contributed by atoms with Gasteiger partial charge >= 0.3 is 0 Å². The molecule has 0 aliphatic carbocycles. The van der Waals surface area contributed by atoms with Gasteiger partial charge in [-0.05, 0) is 54.7 Å². The van der Waals surface area contributed by atoms with E-state index in [0.29, 0.717) is 49.6 Å². The normalized spacial score (nSPS) is 15.5. The predicted molar refractivity (Wildman–Crippen MR) is 144 cm³/mol. The molecule has 194 valence electrons. The van der Waals surface area contributed by atoms with Crippen LogP contribution in [0.5, 0.6) is 5.75 Å². The third kappa shape index (κ3) is 5.58. The Labute approximate surface area is 215 Å². The van der Waals surface area contributed by atoms with Crippen molar-refractivity contribution in [3.8, 4) is 5.75 Å². The van der Waals surface area contributed by atoms with Crippen LogP contribution in [0.2, 0.25) is 0 Å². The fourth-order valence-electron chi connectivity index (χ4n) is 4.62. The molecule has 1 amide bonds. The first-order chi connectivity index (χ1) is 17.7. The molecule has 0 unspecified atom stereocenters. The molecule has 0 bridgehead atoms. The van der Waals surface area contributed by atoms with Gasteiger partial charge in [0.25, 0.3) is 5.91 Å². The van der Waals surface area contributed by atoms with Crippen LogP contribution in [0.1, 0.15) is 39.9 Å². The van der Waals surface area contributed by atoms with Crippen LogP contribution in [-0.2, 0) is 0 Å². The summed E-state index contributed by atoms with van der Waals surface area (Å²) < 4.78 is 20.6. The maximum absolute atomic E-state index is 15.0. The van der Waals surface area contributed by atoms with Crippen molar-refractivity contribution >= 4 is 34.7 Å². The number of ether oxygens (including phenoxy) is 1. The first-order valence-corrected chi connectivity index (χ1v) is 12.0. The summed E-state index contributed by atoms with van der Waals surface area (Å²) in [5.41, 5.74) is 16.1. The van der Waals surface area contributed by atoms with Crippen LogP contribution in [-0.4, -0.2) is 60.9 Å². The van der Waals surface area contributed by atoms with Gasteiger partial charge in [0.1, 0.15) is 11.6 Å². The van der Waals surface area contributed by atoms with Gasteiger partial charge in [0.05, 0.1) is 7.11 Å². The van der Waals surface area contributed by atoms with E-state index in [0.717, 1.165) is 28.7 Å². The molecule has 0 saturated carbocycles. The summed E-state index contributed by atoms with van der Waals surface area (Å²) in [6.07, 6.45) is 5.18. The highest BCUT2D eigenvalue weighted by atomic mass is 19.1. The second-order valence-corrected chi connectivity index (χ2v) is 9.14. The third-order valence-corrected chi connectivity index (χ3v) is 6.82. The molecule has 0 saturated heterocycles. The molecule has 4 rings (SSSR count). The van der Waals surface area contributed by atoms with E-state index >= 15 is 0 Å². The third-order valence-electron chi connectivity index (χ3n) is 6.82. The van der Waals surface area contributed by atoms with Gasteiger partial charge in [-0.25, -0.2) is 4.39 Å². The Bertz CT molecular complexity index is 1320. The van der Waals surface area contributed by atoms with Gasteiger partial charge in [-0.3, -0.25) is 15.6 Å². The molecule has 2 heterocycles. The number of amides is 1. The molecule has 0 aromatic heterocycles. The van der Waals surface area contributed by atoms with Crippen LogP contribution in [0, 0.1) is 23.6 Å². The Kier molecular flexibility index (Phi) is 7.47. The SMILES string of the molecule is COc1cc(NC(=O)c2ccc(C3=CCN(C(=N)N)CC3)c(F)c2)c(C)cc1C1=CCN(C(=N)N)CC1. The molecule has 9 nitrogen and oxygen atoms in total. The second kappa shape index (κ2) is 10.7. The van der Waals surface area contributed by atoms with E-state index in [9.17, 15) is 9.18 Å². The Balaban J connectivity index is 1.51. The van der Waals surface area contributed by atoms with Crippen LogP contribution in [0.15, 0.2) is 42.5 Å². The Morgan fingerprint density at radius 3 is 2.05 bits per heavy atom. The van der Waals surface area contributed by atoms with E-state index in [2.05, 4.69) is 5.32 Å². The van der Waals surface area contributed by atoms with E-state index in [1.807, 2.05) is 25.1 Å². The number of anilines is 1. The highest BCUT2D eigenvalue weighted by molar-refractivity contribution is 6.05.